The van der Waals surface area contributed by atoms with Gasteiger partial charge in [-0.25, -0.2) is 0 Å². The van der Waals surface area contributed by atoms with Crippen molar-refractivity contribution >= 4 is 0 Å². The van der Waals surface area contributed by atoms with Gasteiger partial charge in [0.25, 0.3) is 0 Å². The maximum atomic E-state index is 7.08. The predicted molar refractivity (Wildman–Crippen MR) is 94.4 cm³/mol. The van der Waals surface area contributed by atoms with E-state index in [9.17, 15) is 0 Å². The smallest absolute Gasteiger partial charge is 0.0230 e. The fourth-order valence-electron chi connectivity index (χ4n) is 2.60. The molecule has 0 aromatic rings. The summed E-state index contributed by atoms with van der Waals surface area (Å²) in [5.41, 5.74) is 0. The van der Waals surface area contributed by atoms with Crippen molar-refractivity contribution in [3.8, 4) is 0 Å². The Bertz CT molecular complexity index is 198. The van der Waals surface area contributed by atoms with E-state index in [2.05, 4.69) is 19.1 Å². The van der Waals surface area contributed by atoms with Crippen molar-refractivity contribution in [2.45, 2.75) is 117 Å². The fourth-order valence-corrected chi connectivity index (χ4v) is 2.60. The molecule has 0 aliphatic carbocycles. The van der Waals surface area contributed by atoms with Crippen LogP contribution >= 0.6 is 0 Å². The molecule has 0 heteroatoms. The third-order valence-corrected chi connectivity index (χ3v) is 4.01. The highest BCUT2D eigenvalue weighted by Gasteiger charge is 1.91. The van der Waals surface area contributed by atoms with Gasteiger partial charge in [-0.3, -0.25) is 0 Å². The normalized spacial score (nSPS) is 12.2. The first-order valence-corrected chi connectivity index (χ1v) is 9.36. The molecule has 120 valence electrons. The molecule has 0 rings (SSSR count). The van der Waals surface area contributed by atoms with E-state index in [-0.39, 0.29) is 0 Å². The maximum absolute atomic E-state index is 7.08. The highest BCUT2D eigenvalue weighted by molar-refractivity contribution is 4.81. The minimum atomic E-state index is 0.613. The van der Waals surface area contributed by atoms with Crippen LogP contribution < -0.4 is 0 Å². The first-order chi connectivity index (χ1) is 10.4. The van der Waals surface area contributed by atoms with Crippen molar-refractivity contribution in [3.63, 3.8) is 0 Å². The first-order valence-electron chi connectivity index (χ1n) is 10.1. The van der Waals surface area contributed by atoms with Gasteiger partial charge in [0.2, 0.25) is 0 Å². The van der Waals surface area contributed by atoms with Crippen LogP contribution in [0.2, 0.25) is 0 Å². The summed E-state index contributed by atoms with van der Waals surface area (Å²) in [5.74, 6) is 0. The molecule has 0 nitrogen and oxygen atoms in total. The third kappa shape index (κ3) is 17.7. The van der Waals surface area contributed by atoms with E-state index in [0.717, 1.165) is 6.42 Å². The Labute approximate surface area is 130 Å². The molecule has 0 amide bonds. The van der Waals surface area contributed by atoms with Crippen molar-refractivity contribution in [1.29, 1.82) is 0 Å². The standard InChI is InChI=1S/C20H40/c1-3-5-7-9-11-13-15-17-19-20-18-16-14-12-10-8-6-4-2/h17,19H,3-16,18,20H2,1-2H3/b19-17-/i1D. The van der Waals surface area contributed by atoms with Crippen molar-refractivity contribution in [3.05, 3.63) is 12.2 Å². The minimum Gasteiger partial charge on any atom is -0.0885 e. The van der Waals surface area contributed by atoms with E-state index in [1.165, 1.54) is 96.3 Å². The first kappa shape index (κ1) is 17.8. The number of hydrogen-bond acceptors (Lipinski definition) is 0. The molecule has 0 atom stereocenters. The Morgan fingerprint density at radius 3 is 1.40 bits per heavy atom. The van der Waals surface area contributed by atoms with Crippen LogP contribution in [0.1, 0.15) is 118 Å². The molecule has 0 saturated heterocycles. The van der Waals surface area contributed by atoms with Crippen LogP contribution in [0.15, 0.2) is 12.2 Å². The van der Waals surface area contributed by atoms with Crippen LogP contribution in [-0.4, -0.2) is 0 Å². The topological polar surface area (TPSA) is 0 Å². The summed E-state index contributed by atoms with van der Waals surface area (Å²) >= 11 is 0. The van der Waals surface area contributed by atoms with Crippen molar-refractivity contribution in [2.75, 3.05) is 0 Å². The lowest BCUT2D eigenvalue weighted by Crippen LogP contribution is -1.80. The molecule has 0 aliphatic rings. The average molecular weight is 282 g/mol. The van der Waals surface area contributed by atoms with E-state index >= 15 is 0 Å². The zero-order valence-electron chi connectivity index (χ0n) is 15.2. The van der Waals surface area contributed by atoms with Gasteiger partial charge in [0.05, 0.1) is 0 Å². The Balaban J connectivity index is 3.02. The molecule has 0 aliphatic heterocycles. The zero-order chi connectivity index (χ0) is 15.4. The summed E-state index contributed by atoms with van der Waals surface area (Å²) in [4.78, 5) is 0. The lowest BCUT2D eigenvalue weighted by Gasteiger charge is -2.00. The van der Waals surface area contributed by atoms with Gasteiger partial charge in [-0.15, -0.1) is 0 Å². The van der Waals surface area contributed by atoms with Gasteiger partial charge >= 0.3 is 0 Å². The predicted octanol–water partition coefficient (Wildman–Crippen LogP) is 7.82. The van der Waals surface area contributed by atoms with Crippen molar-refractivity contribution < 1.29 is 1.37 Å². The average Bonchev–Trinajstić information content (AvgIpc) is 2.50. The summed E-state index contributed by atoms with van der Waals surface area (Å²) in [6.45, 7) is 2.90. The van der Waals surface area contributed by atoms with Crippen LogP contribution in [-0.2, 0) is 0 Å². The molecule has 0 spiro atoms. The Kier molecular flexibility index (Phi) is 16.7. The molecule has 0 radical (unpaired) electrons. The summed E-state index contributed by atoms with van der Waals surface area (Å²) in [7, 11) is 0. The molecule has 20 heavy (non-hydrogen) atoms. The Morgan fingerprint density at radius 1 is 0.550 bits per heavy atom. The molecule has 0 fully saturated rings. The third-order valence-electron chi connectivity index (χ3n) is 4.01. The van der Waals surface area contributed by atoms with E-state index in [0.29, 0.717) is 6.90 Å². The quantitative estimate of drug-likeness (QED) is 0.200. The summed E-state index contributed by atoms with van der Waals surface area (Å²) in [5, 5.41) is 0. The highest BCUT2D eigenvalue weighted by Crippen LogP contribution is 2.10. The molecule has 0 bridgehead atoms. The van der Waals surface area contributed by atoms with Gasteiger partial charge in [0, 0.05) is 1.37 Å². The van der Waals surface area contributed by atoms with Crippen molar-refractivity contribution in [1.82, 2.24) is 0 Å². The van der Waals surface area contributed by atoms with E-state index < -0.39 is 0 Å². The summed E-state index contributed by atoms with van der Waals surface area (Å²) < 4.78 is 7.08. The van der Waals surface area contributed by atoms with Crippen LogP contribution in [0.4, 0.5) is 0 Å². The van der Waals surface area contributed by atoms with Gasteiger partial charge in [-0.1, -0.05) is 103 Å². The SMILES string of the molecule is [2H]CCCCCCCC/C=C\CCCCCCCCCC. The zero-order valence-corrected chi connectivity index (χ0v) is 14.2. The monoisotopic (exact) mass is 281 g/mol. The molecule has 0 unspecified atom stereocenters. The number of hydrogen-bond donors (Lipinski definition) is 0. The van der Waals surface area contributed by atoms with Gasteiger partial charge in [0.15, 0.2) is 0 Å². The van der Waals surface area contributed by atoms with Gasteiger partial charge in [0.1, 0.15) is 0 Å². The minimum absolute atomic E-state index is 0.613. The largest absolute Gasteiger partial charge is 0.0885 e. The van der Waals surface area contributed by atoms with E-state index in [1.54, 1.807) is 0 Å². The fraction of sp³-hybridized carbons (Fsp3) is 0.900. The molecule has 0 aromatic heterocycles. The molecular weight excluding hydrogens is 240 g/mol. The Hall–Kier alpha value is -0.260. The summed E-state index contributed by atoms with van der Waals surface area (Å²) in [6, 6.07) is 0. The second kappa shape index (κ2) is 18.7. The Morgan fingerprint density at radius 2 is 0.950 bits per heavy atom. The maximum Gasteiger partial charge on any atom is 0.0230 e. The van der Waals surface area contributed by atoms with Crippen LogP contribution in [0.25, 0.3) is 0 Å². The molecule has 0 aromatic carbocycles. The van der Waals surface area contributed by atoms with Crippen LogP contribution in [0, 0.1) is 0 Å². The van der Waals surface area contributed by atoms with Crippen LogP contribution in [0.3, 0.4) is 0 Å². The molecule has 0 N–H and O–H groups in total. The second-order valence-corrected chi connectivity index (χ2v) is 6.14. The number of unbranched alkanes of at least 4 members (excludes halogenated alkanes) is 14. The van der Waals surface area contributed by atoms with E-state index in [4.69, 9.17) is 1.37 Å². The van der Waals surface area contributed by atoms with E-state index in [1.807, 2.05) is 0 Å². The van der Waals surface area contributed by atoms with Crippen molar-refractivity contribution in [2.24, 2.45) is 0 Å². The number of allylic oxidation sites excluding steroid dienone is 2. The lowest BCUT2D eigenvalue weighted by molar-refractivity contribution is 0.577. The molecular formula is C20H40. The summed E-state index contributed by atoms with van der Waals surface area (Å²) in [6.07, 6.45) is 26.5. The number of rotatable bonds is 16. The highest BCUT2D eigenvalue weighted by atomic mass is 14.0. The van der Waals surface area contributed by atoms with Gasteiger partial charge < -0.3 is 0 Å². The molecule has 0 saturated carbocycles. The van der Waals surface area contributed by atoms with Gasteiger partial charge in [-0.2, -0.15) is 0 Å². The van der Waals surface area contributed by atoms with Crippen LogP contribution in [0.5, 0.6) is 0 Å². The lowest BCUT2D eigenvalue weighted by atomic mass is 10.1. The van der Waals surface area contributed by atoms with Gasteiger partial charge in [-0.05, 0) is 25.7 Å². The second-order valence-electron chi connectivity index (χ2n) is 6.14. The molecule has 0 heterocycles.